The Kier molecular flexibility index (Phi) is 4.48. The number of hydrogen-bond donors (Lipinski definition) is 1. The number of benzene rings is 1. The first-order valence-corrected chi connectivity index (χ1v) is 9.75. The number of rotatable bonds is 3. The van der Waals surface area contributed by atoms with E-state index in [1.165, 1.54) is 0 Å². The van der Waals surface area contributed by atoms with Crippen LogP contribution in [-0.2, 0) is 15.6 Å². The molecule has 138 valence electrons. The molecule has 1 saturated heterocycles. The lowest BCUT2D eigenvalue weighted by Gasteiger charge is -2.30. The summed E-state index contributed by atoms with van der Waals surface area (Å²) in [5.74, 6) is 1.32. The number of nitrogens with one attached hydrogen (secondary N) is 1. The van der Waals surface area contributed by atoms with Crippen molar-refractivity contribution in [2.45, 2.75) is 56.3 Å². The quantitative estimate of drug-likeness (QED) is 0.838. The van der Waals surface area contributed by atoms with Crippen LogP contribution in [0.1, 0.15) is 62.7 Å². The number of hydrogen-bond acceptors (Lipinski definition) is 4. The number of carbonyl (C=O) groups is 1. The number of amides is 1. The minimum atomic E-state index is -0.363. The minimum Gasteiger partial charge on any atom is -0.355 e. The average molecular weight is 394 g/mol. The van der Waals surface area contributed by atoms with Crippen molar-refractivity contribution >= 4 is 29.1 Å². The van der Waals surface area contributed by atoms with Crippen LogP contribution in [0.3, 0.4) is 0 Å². The van der Waals surface area contributed by atoms with Gasteiger partial charge in [-0.3, -0.25) is 4.79 Å². The van der Waals surface area contributed by atoms with E-state index in [2.05, 4.69) is 17.4 Å². The number of nitrogens with zero attached hydrogens (tertiary/aromatic N) is 2. The topological polar surface area (TPSA) is 68.0 Å². The van der Waals surface area contributed by atoms with Crippen LogP contribution in [-0.4, -0.2) is 22.6 Å². The second-order valence-corrected chi connectivity index (χ2v) is 8.52. The van der Waals surface area contributed by atoms with E-state index >= 15 is 0 Å². The molecule has 4 rings (SSSR count). The first-order valence-electron chi connectivity index (χ1n) is 9.00. The Bertz CT molecular complexity index is 833. The van der Waals surface area contributed by atoms with Crippen molar-refractivity contribution in [1.82, 2.24) is 15.5 Å². The highest BCUT2D eigenvalue weighted by Crippen LogP contribution is 2.48. The van der Waals surface area contributed by atoms with Gasteiger partial charge in [-0.05, 0) is 49.9 Å². The van der Waals surface area contributed by atoms with Crippen LogP contribution in [0.25, 0.3) is 0 Å². The van der Waals surface area contributed by atoms with Crippen LogP contribution in [0, 0.1) is 0 Å². The van der Waals surface area contributed by atoms with Gasteiger partial charge in [-0.2, -0.15) is 4.98 Å². The minimum absolute atomic E-state index is 0.0696. The van der Waals surface area contributed by atoms with E-state index in [-0.39, 0.29) is 16.7 Å². The van der Waals surface area contributed by atoms with Gasteiger partial charge < -0.3 is 9.84 Å². The molecular weight excluding hydrogens is 373 g/mol. The standard InChI is InChI=1S/C19H21Cl2N3O2/c1-18(9-6-15(25)22-11-18)17-23-16(24-26-17)19(7-2-3-8-19)13-10-12(20)4-5-14(13)21/h4-5,10H,2-3,6-9,11H2,1H3,(H,22,25). The maximum absolute atomic E-state index is 11.5. The molecule has 2 fully saturated rings. The van der Waals surface area contributed by atoms with E-state index in [1.54, 1.807) is 6.07 Å². The second kappa shape index (κ2) is 6.54. The predicted molar refractivity (Wildman–Crippen MR) is 99.6 cm³/mol. The molecule has 0 bridgehead atoms. The summed E-state index contributed by atoms with van der Waals surface area (Å²) in [6.45, 7) is 2.57. The van der Waals surface area contributed by atoms with Crippen LogP contribution < -0.4 is 5.32 Å². The van der Waals surface area contributed by atoms with Gasteiger partial charge in [-0.15, -0.1) is 0 Å². The lowest BCUT2D eigenvalue weighted by atomic mass is 9.77. The van der Waals surface area contributed by atoms with Gasteiger partial charge in [0.15, 0.2) is 5.82 Å². The number of piperidine rings is 1. The number of halogens is 2. The molecule has 1 aromatic carbocycles. The Morgan fingerprint density at radius 2 is 1.96 bits per heavy atom. The largest absolute Gasteiger partial charge is 0.355 e. The third-order valence-electron chi connectivity index (χ3n) is 5.85. The molecule has 1 amide bonds. The van der Waals surface area contributed by atoms with Gasteiger partial charge in [0.25, 0.3) is 0 Å². The molecule has 26 heavy (non-hydrogen) atoms. The summed E-state index contributed by atoms with van der Waals surface area (Å²) in [4.78, 5) is 16.3. The van der Waals surface area contributed by atoms with E-state index in [1.807, 2.05) is 12.1 Å². The van der Waals surface area contributed by atoms with Gasteiger partial charge in [0.1, 0.15) is 0 Å². The summed E-state index contributed by atoms with van der Waals surface area (Å²) in [5, 5.41) is 8.59. The van der Waals surface area contributed by atoms with Gasteiger partial charge in [0.2, 0.25) is 11.8 Å². The fourth-order valence-electron chi connectivity index (χ4n) is 4.16. The summed E-state index contributed by atoms with van der Waals surface area (Å²) in [6.07, 6.45) is 5.17. The third kappa shape index (κ3) is 2.91. The molecule has 1 N–H and O–H groups in total. The summed E-state index contributed by atoms with van der Waals surface area (Å²) < 4.78 is 5.68. The van der Waals surface area contributed by atoms with Crippen LogP contribution >= 0.6 is 23.2 Å². The maximum atomic E-state index is 11.5. The van der Waals surface area contributed by atoms with Crippen molar-refractivity contribution in [3.8, 4) is 0 Å². The van der Waals surface area contributed by atoms with Gasteiger partial charge in [0, 0.05) is 23.0 Å². The highest BCUT2D eigenvalue weighted by Gasteiger charge is 2.45. The molecule has 1 aliphatic heterocycles. The lowest BCUT2D eigenvalue weighted by molar-refractivity contribution is -0.123. The average Bonchev–Trinajstić information content (AvgIpc) is 3.30. The molecule has 2 aliphatic rings. The van der Waals surface area contributed by atoms with Crippen molar-refractivity contribution in [3.05, 3.63) is 45.5 Å². The molecule has 5 nitrogen and oxygen atoms in total. The maximum Gasteiger partial charge on any atom is 0.234 e. The zero-order valence-corrected chi connectivity index (χ0v) is 16.2. The Hall–Kier alpha value is -1.59. The van der Waals surface area contributed by atoms with Crippen LogP contribution in [0.15, 0.2) is 22.7 Å². The Morgan fingerprint density at radius 1 is 1.19 bits per heavy atom. The normalized spacial score (nSPS) is 25.3. The first-order chi connectivity index (χ1) is 12.4. The summed E-state index contributed by atoms with van der Waals surface area (Å²) in [5.41, 5.74) is 0.272. The van der Waals surface area contributed by atoms with Crippen molar-refractivity contribution in [1.29, 1.82) is 0 Å². The van der Waals surface area contributed by atoms with Crippen molar-refractivity contribution in [2.24, 2.45) is 0 Å². The Balaban J connectivity index is 1.74. The molecule has 1 unspecified atom stereocenters. The highest BCUT2D eigenvalue weighted by molar-refractivity contribution is 6.33. The Labute approximate surface area is 162 Å². The smallest absolute Gasteiger partial charge is 0.234 e. The zero-order chi connectivity index (χ0) is 18.4. The van der Waals surface area contributed by atoms with Crippen molar-refractivity contribution in [3.63, 3.8) is 0 Å². The molecule has 1 saturated carbocycles. The third-order valence-corrected chi connectivity index (χ3v) is 6.42. The zero-order valence-electron chi connectivity index (χ0n) is 14.6. The molecule has 2 heterocycles. The van der Waals surface area contributed by atoms with Gasteiger partial charge in [0.05, 0.1) is 10.8 Å². The van der Waals surface area contributed by atoms with Crippen LogP contribution in [0.2, 0.25) is 10.0 Å². The highest BCUT2D eigenvalue weighted by atomic mass is 35.5. The van der Waals surface area contributed by atoms with Crippen LogP contribution in [0.4, 0.5) is 0 Å². The number of aromatic nitrogens is 2. The monoisotopic (exact) mass is 393 g/mol. The SMILES string of the molecule is CC1(c2nc(C3(c4cc(Cl)ccc4Cl)CCCC3)no2)CCC(=O)NC1. The molecule has 1 atom stereocenters. The predicted octanol–water partition coefficient (Wildman–Crippen LogP) is 4.40. The van der Waals surface area contributed by atoms with Crippen LogP contribution in [0.5, 0.6) is 0 Å². The van der Waals surface area contributed by atoms with Crippen molar-refractivity contribution < 1.29 is 9.32 Å². The summed E-state index contributed by atoms with van der Waals surface area (Å²) >= 11 is 12.8. The van der Waals surface area contributed by atoms with E-state index in [0.717, 1.165) is 31.2 Å². The molecule has 1 aromatic heterocycles. The van der Waals surface area contributed by atoms with E-state index < -0.39 is 0 Å². The van der Waals surface area contributed by atoms with E-state index in [0.29, 0.717) is 41.1 Å². The number of carbonyl (C=O) groups excluding carboxylic acids is 1. The summed E-state index contributed by atoms with van der Waals surface area (Å²) in [6, 6.07) is 5.55. The van der Waals surface area contributed by atoms with Gasteiger partial charge in [-0.25, -0.2) is 0 Å². The first kappa shape index (κ1) is 17.8. The van der Waals surface area contributed by atoms with E-state index in [4.69, 9.17) is 32.7 Å². The molecule has 2 aromatic rings. The fourth-order valence-corrected chi connectivity index (χ4v) is 4.63. The van der Waals surface area contributed by atoms with Gasteiger partial charge in [-0.1, -0.05) is 41.2 Å². The lowest BCUT2D eigenvalue weighted by Crippen LogP contribution is -2.44. The van der Waals surface area contributed by atoms with Gasteiger partial charge >= 0.3 is 0 Å². The molecule has 1 aliphatic carbocycles. The molecule has 7 heteroatoms. The van der Waals surface area contributed by atoms with Crippen molar-refractivity contribution in [2.75, 3.05) is 6.54 Å². The molecule has 0 spiro atoms. The van der Waals surface area contributed by atoms with E-state index in [9.17, 15) is 4.79 Å². The molecular formula is C19H21Cl2N3O2. The fraction of sp³-hybridized carbons (Fsp3) is 0.526. The summed E-state index contributed by atoms with van der Waals surface area (Å²) in [7, 11) is 0. The second-order valence-electron chi connectivity index (χ2n) is 7.67. The molecule has 0 radical (unpaired) electrons. The Morgan fingerprint density at radius 3 is 2.65 bits per heavy atom.